The maximum atomic E-state index is 11.2. The zero-order chi connectivity index (χ0) is 12.6. The molecule has 4 nitrogen and oxygen atoms in total. The average molecular weight is 232 g/mol. The molecular formula is C13H16N2O2. The SMILES string of the molecule is CCn1cnc2cc(C(C)(C)C(=O)O)ccc21. The van der Waals surface area contributed by atoms with Gasteiger partial charge in [-0.2, -0.15) is 0 Å². The van der Waals surface area contributed by atoms with Crippen molar-refractivity contribution in [1.29, 1.82) is 0 Å². The van der Waals surface area contributed by atoms with Gasteiger partial charge >= 0.3 is 5.97 Å². The van der Waals surface area contributed by atoms with Crippen molar-refractivity contribution < 1.29 is 9.90 Å². The molecule has 1 aromatic carbocycles. The van der Waals surface area contributed by atoms with Crippen molar-refractivity contribution in [3.05, 3.63) is 30.1 Å². The van der Waals surface area contributed by atoms with E-state index in [2.05, 4.69) is 11.9 Å². The Kier molecular flexibility index (Phi) is 2.65. The number of aliphatic carboxylic acids is 1. The van der Waals surface area contributed by atoms with E-state index < -0.39 is 11.4 Å². The van der Waals surface area contributed by atoms with Crippen LogP contribution in [0.4, 0.5) is 0 Å². The number of carboxylic acid groups (broad SMARTS) is 1. The smallest absolute Gasteiger partial charge is 0.313 e. The first-order chi connectivity index (χ1) is 7.96. The van der Waals surface area contributed by atoms with Crippen LogP contribution in [0, 0.1) is 0 Å². The topological polar surface area (TPSA) is 55.1 Å². The first kappa shape index (κ1) is 11.6. The second-order valence-corrected chi connectivity index (χ2v) is 4.66. The molecule has 0 aliphatic heterocycles. The highest BCUT2D eigenvalue weighted by atomic mass is 16.4. The lowest BCUT2D eigenvalue weighted by Crippen LogP contribution is -2.28. The number of aromatic nitrogens is 2. The molecule has 0 aliphatic carbocycles. The molecule has 17 heavy (non-hydrogen) atoms. The third kappa shape index (κ3) is 1.79. The molecule has 0 unspecified atom stereocenters. The van der Waals surface area contributed by atoms with Gasteiger partial charge in [0, 0.05) is 6.54 Å². The summed E-state index contributed by atoms with van der Waals surface area (Å²) < 4.78 is 2.03. The summed E-state index contributed by atoms with van der Waals surface area (Å²) in [5.74, 6) is -0.827. The van der Waals surface area contributed by atoms with Gasteiger partial charge in [0.05, 0.1) is 22.8 Å². The Morgan fingerprint density at radius 2 is 2.18 bits per heavy atom. The summed E-state index contributed by atoms with van der Waals surface area (Å²) in [6.07, 6.45) is 1.78. The van der Waals surface area contributed by atoms with Gasteiger partial charge in [-0.3, -0.25) is 4.79 Å². The highest BCUT2D eigenvalue weighted by Gasteiger charge is 2.29. The number of fused-ring (bicyclic) bond motifs is 1. The van der Waals surface area contributed by atoms with E-state index in [0.717, 1.165) is 23.1 Å². The maximum absolute atomic E-state index is 11.2. The molecule has 0 saturated heterocycles. The van der Waals surface area contributed by atoms with Gasteiger partial charge in [0.2, 0.25) is 0 Å². The Hall–Kier alpha value is -1.84. The van der Waals surface area contributed by atoms with Gasteiger partial charge in [-0.15, -0.1) is 0 Å². The fraction of sp³-hybridized carbons (Fsp3) is 0.385. The second-order valence-electron chi connectivity index (χ2n) is 4.66. The Morgan fingerprint density at radius 3 is 2.76 bits per heavy atom. The molecule has 0 atom stereocenters. The number of benzene rings is 1. The van der Waals surface area contributed by atoms with E-state index in [9.17, 15) is 9.90 Å². The van der Waals surface area contributed by atoms with Gasteiger partial charge in [-0.1, -0.05) is 6.07 Å². The fourth-order valence-electron chi connectivity index (χ4n) is 1.83. The van der Waals surface area contributed by atoms with Crippen LogP contribution in [0.25, 0.3) is 11.0 Å². The lowest BCUT2D eigenvalue weighted by atomic mass is 9.85. The highest BCUT2D eigenvalue weighted by Crippen LogP contribution is 2.26. The number of hydrogen-bond donors (Lipinski definition) is 1. The van der Waals surface area contributed by atoms with Crippen molar-refractivity contribution in [2.45, 2.75) is 32.7 Å². The summed E-state index contributed by atoms with van der Waals surface area (Å²) in [7, 11) is 0. The summed E-state index contributed by atoms with van der Waals surface area (Å²) in [6.45, 7) is 6.31. The van der Waals surface area contributed by atoms with Crippen molar-refractivity contribution in [2.24, 2.45) is 0 Å². The third-order valence-electron chi connectivity index (χ3n) is 3.22. The Morgan fingerprint density at radius 1 is 1.47 bits per heavy atom. The largest absolute Gasteiger partial charge is 0.481 e. The molecule has 1 heterocycles. The highest BCUT2D eigenvalue weighted by molar-refractivity contribution is 5.83. The lowest BCUT2D eigenvalue weighted by molar-refractivity contribution is -0.142. The van der Waals surface area contributed by atoms with Crippen LogP contribution in [-0.2, 0) is 16.8 Å². The molecule has 1 N–H and O–H groups in total. The number of hydrogen-bond acceptors (Lipinski definition) is 2. The summed E-state index contributed by atoms with van der Waals surface area (Å²) in [4.78, 5) is 15.5. The van der Waals surface area contributed by atoms with E-state index >= 15 is 0 Å². The third-order valence-corrected chi connectivity index (χ3v) is 3.22. The quantitative estimate of drug-likeness (QED) is 0.884. The number of nitrogens with zero attached hydrogens (tertiary/aromatic N) is 2. The maximum Gasteiger partial charge on any atom is 0.313 e. The normalized spacial score (nSPS) is 11.9. The molecule has 0 fully saturated rings. The minimum atomic E-state index is -0.885. The number of imidazole rings is 1. The fourth-order valence-corrected chi connectivity index (χ4v) is 1.83. The number of carbonyl (C=O) groups is 1. The van der Waals surface area contributed by atoms with E-state index in [1.165, 1.54) is 0 Å². The Labute approximate surface area is 99.9 Å². The summed E-state index contributed by atoms with van der Waals surface area (Å²) >= 11 is 0. The minimum Gasteiger partial charge on any atom is -0.481 e. The molecule has 0 bridgehead atoms. The molecule has 1 aromatic heterocycles. The van der Waals surface area contributed by atoms with Gasteiger partial charge in [0.1, 0.15) is 0 Å². The zero-order valence-corrected chi connectivity index (χ0v) is 10.3. The van der Waals surface area contributed by atoms with E-state index in [1.54, 1.807) is 20.2 Å². The average Bonchev–Trinajstić information content (AvgIpc) is 2.70. The summed E-state index contributed by atoms with van der Waals surface area (Å²) in [6, 6.07) is 5.66. The van der Waals surface area contributed by atoms with Crippen LogP contribution in [0.3, 0.4) is 0 Å². The van der Waals surface area contributed by atoms with Gasteiger partial charge in [-0.05, 0) is 38.5 Å². The molecule has 2 rings (SSSR count). The van der Waals surface area contributed by atoms with Gasteiger partial charge < -0.3 is 9.67 Å². The van der Waals surface area contributed by atoms with E-state index in [4.69, 9.17) is 0 Å². The Balaban J connectivity index is 2.56. The molecule has 0 amide bonds. The summed E-state index contributed by atoms with van der Waals surface area (Å²) in [5, 5.41) is 9.19. The van der Waals surface area contributed by atoms with Crippen molar-refractivity contribution in [2.75, 3.05) is 0 Å². The zero-order valence-electron chi connectivity index (χ0n) is 10.3. The predicted molar refractivity (Wildman–Crippen MR) is 66.1 cm³/mol. The van der Waals surface area contributed by atoms with Crippen LogP contribution >= 0.6 is 0 Å². The molecule has 0 saturated carbocycles. The molecular weight excluding hydrogens is 216 g/mol. The molecule has 90 valence electrons. The van der Waals surface area contributed by atoms with Crippen LogP contribution in [0.5, 0.6) is 0 Å². The molecule has 2 aromatic rings. The second kappa shape index (κ2) is 3.87. The first-order valence-electron chi connectivity index (χ1n) is 5.65. The van der Waals surface area contributed by atoms with Crippen molar-refractivity contribution >= 4 is 17.0 Å². The molecule has 0 spiro atoms. The summed E-state index contributed by atoms with van der Waals surface area (Å²) in [5.41, 5.74) is 1.78. The van der Waals surface area contributed by atoms with Crippen LogP contribution < -0.4 is 0 Å². The molecule has 0 radical (unpaired) electrons. The van der Waals surface area contributed by atoms with Crippen LogP contribution in [-0.4, -0.2) is 20.6 Å². The predicted octanol–water partition coefficient (Wildman–Crippen LogP) is 2.42. The monoisotopic (exact) mass is 232 g/mol. The van der Waals surface area contributed by atoms with E-state index in [1.807, 2.05) is 22.8 Å². The first-order valence-corrected chi connectivity index (χ1v) is 5.65. The number of carboxylic acids is 1. The van der Waals surface area contributed by atoms with E-state index in [-0.39, 0.29) is 0 Å². The van der Waals surface area contributed by atoms with Crippen LogP contribution in [0.2, 0.25) is 0 Å². The minimum absolute atomic E-state index is 0.777. The van der Waals surface area contributed by atoms with Crippen LogP contribution in [0.1, 0.15) is 26.3 Å². The van der Waals surface area contributed by atoms with Crippen LogP contribution in [0.15, 0.2) is 24.5 Å². The van der Waals surface area contributed by atoms with E-state index in [0.29, 0.717) is 0 Å². The molecule has 0 aliphatic rings. The lowest BCUT2D eigenvalue weighted by Gasteiger charge is -2.19. The van der Waals surface area contributed by atoms with Crippen molar-refractivity contribution in [3.63, 3.8) is 0 Å². The van der Waals surface area contributed by atoms with Gasteiger partial charge in [0.25, 0.3) is 0 Å². The molecule has 4 heteroatoms. The standard InChI is InChI=1S/C13H16N2O2/c1-4-15-8-14-10-7-9(5-6-11(10)15)13(2,3)12(16)17/h5-8H,4H2,1-3H3,(H,16,17). The van der Waals surface area contributed by atoms with Crippen molar-refractivity contribution in [3.8, 4) is 0 Å². The number of rotatable bonds is 3. The van der Waals surface area contributed by atoms with Crippen molar-refractivity contribution in [1.82, 2.24) is 9.55 Å². The van der Waals surface area contributed by atoms with Gasteiger partial charge in [-0.25, -0.2) is 4.98 Å². The Bertz CT molecular complexity index is 570. The number of aryl methyl sites for hydroxylation is 1. The van der Waals surface area contributed by atoms with Gasteiger partial charge in [0.15, 0.2) is 0 Å².